The number of benzene rings is 1. The SMILES string of the molecule is COc1cc(/C=C(/C#N)c2nc(C)cs2)cc([N+](=O)[O-])c1OC. The van der Waals surface area contributed by atoms with Crippen molar-refractivity contribution in [1.82, 2.24) is 4.98 Å². The van der Waals surface area contributed by atoms with Gasteiger partial charge in [0.25, 0.3) is 0 Å². The van der Waals surface area contributed by atoms with Gasteiger partial charge in [-0.3, -0.25) is 10.1 Å². The van der Waals surface area contributed by atoms with Gasteiger partial charge in [0.2, 0.25) is 5.75 Å². The van der Waals surface area contributed by atoms with E-state index in [0.29, 0.717) is 16.1 Å². The van der Waals surface area contributed by atoms with E-state index >= 15 is 0 Å². The van der Waals surface area contributed by atoms with Crippen molar-refractivity contribution in [3.8, 4) is 17.6 Å². The Morgan fingerprint density at radius 2 is 2.17 bits per heavy atom. The average Bonchev–Trinajstić information content (AvgIpc) is 2.97. The molecule has 23 heavy (non-hydrogen) atoms. The quantitative estimate of drug-likeness (QED) is 0.473. The molecule has 1 aromatic carbocycles. The van der Waals surface area contributed by atoms with Crippen LogP contribution in [0, 0.1) is 28.4 Å². The number of methoxy groups -OCH3 is 2. The number of nitriles is 1. The van der Waals surface area contributed by atoms with Crippen LogP contribution < -0.4 is 9.47 Å². The van der Waals surface area contributed by atoms with Crippen molar-refractivity contribution >= 4 is 28.7 Å². The zero-order valence-electron chi connectivity index (χ0n) is 12.7. The van der Waals surface area contributed by atoms with E-state index in [9.17, 15) is 15.4 Å². The Morgan fingerprint density at radius 3 is 2.65 bits per heavy atom. The number of rotatable bonds is 5. The normalized spacial score (nSPS) is 11.0. The minimum absolute atomic E-state index is 0.0400. The molecule has 0 aliphatic heterocycles. The Balaban J connectivity index is 2.59. The van der Waals surface area contributed by atoms with Gasteiger partial charge in [-0.2, -0.15) is 5.26 Å². The lowest BCUT2D eigenvalue weighted by atomic mass is 10.1. The summed E-state index contributed by atoms with van der Waals surface area (Å²) in [5.41, 5.74) is 1.36. The highest BCUT2D eigenvalue weighted by molar-refractivity contribution is 7.11. The molecule has 0 amide bonds. The molecule has 0 radical (unpaired) electrons. The molecule has 2 rings (SSSR count). The van der Waals surface area contributed by atoms with Crippen molar-refractivity contribution in [2.24, 2.45) is 0 Å². The van der Waals surface area contributed by atoms with E-state index in [1.807, 2.05) is 12.3 Å². The molecule has 0 aliphatic rings. The number of thiazole rings is 1. The van der Waals surface area contributed by atoms with Crippen LogP contribution in [0.5, 0.6) is 11.5 Å². The van der Waals surface area contributed by atoms with Crippen LogP contribution in [0.2, 0.25) is 0 Å². The molecule has 0 N–H and O–H groups in total. The van der Waals surface area contributed by atoms with Crippen molar-refractivity contribution in [3.63, 3.8) is 0 Å². The molecule has 0 spiro atoms. The highest BCUT2D eigenvalue weighted by Crippen LogP contribution is 2.38. The largest absolute Gasteiger partial charge is 0.493 e. The third kappa shape index (κ3) is 3.46. The van der Waals surface area contributed by atoms with Gasteiger partial charge in [0.15, 0.2) is 5.75 Å². The summed E-state index contributed by atoms with van der Waals surface area (Å²) in [7, 11) is 2.73. The number of allylic oxidation sites excluding steroid dienone is 1. The predicted molar refractivity (Wildman–Crippen MR) is 86.5 cm³/mol. The van der Waals surface area contributed by atoms with Crippen LogP contribution >= 0.6 is 11.3 Å². The van der Waals surface area contributed by atoms with Crippen molar-refractivity contribution in [2.75, 3.05) is 14.2 Å². The van der Waals surface area contributed by atoms with Gasteiger partial charge in [0.1, 0.15) is 11.1 Å². The third-order valence-corrected chi connectivity index (χ3v) is 3.95. The lowest BCUT2D eigenvalue weighted by Crippen LogP contribution is -1.98. The van der Waals surface area contributed by atoms with E-state index in [4.69, 9.17) is 9.47 Å². The molecule has 8 heteroatoms. The van der Waals surface area contributed by atoms with Crippen LogP contribution in [0.4, 0.5) is 5.69 Å². The van der Waals surface area contributed by atoms with Gasteiger partial charge in [0.05, 0.1) is 24.7 Å². The standard InChI is InChI=1S/C15H13N3O4S/c1-9-8-23-15(17-9)11(7-16)4-10-5-12(18(19)20)14(22-3)13(6-10)21-2/h4-6,8H,1-3H3/b11-4-. The van der Waals surface area contributed by atoms with Crippen LogP contribution in [-0.2, 0) is 0 Å². The fourth-order valence-electron chi connectivity index (χ4n) is 1.97. The number of nitro benzene ring substituents is 1. The minimum Gasteiger partial charge on any atom is -0.493 e. The van der Waals surface area contributed by atoms with Crippen LogP contribution in [0.15, 0.2) is 17.5 Å². The van der Waals surface area contributed by atoms with E-state index in [1.165, 1.54) is 37.7 Å². The molecular formula is C15H13N3O4S. The number of hydrogen-bond donors (Lipinski definition) is 0. The summed E-state index contributed by atoms with van der Waals surface area (Å²) in [5.74, 6) is 0.263. The average molecular weight is 331 g/mol. The van der Waals surface area contributed by atoms with Crippen molar-refractivity contribution < 1.29 is 14.4 Å². The first-order valence-electron chi connectivity index (χ1n) is 6.44. The number of nitro groups is 1. The molecular weight excluding hydrogens is 318 g/mol. The Labute approximate surface area is 136 Å². The molecule has 1 aromatic heterocycles. The molecule has 1 heterocycles. The Bertz CT molecular complexity index is 821. The van der Waals surface area contributed by atoms with Crippen LogP contribution in [0.3, 0.4) is 0 Å². The second kappa shape index (κ2) is 6.89. The second-order valence-electron chi connectivity index (χ2n) is 4.50. The maximum atomic E-state index is 11.2. The predicted octanol–water partition coefficient (Wildman–Crippen LogP) is 3.44. The first-order chi connectivity index (χ1) is 11.0. The van der Waals surface area contributed by atoms with E-state index in [2.05, 4.69) is 11.1 Å². The van der Waals surface area contributed by atoms with Crippen molar-refractivity contribution in [1.29, 1.82) is 5.26 Å². The fraction of sp³-hybridized carbons (Fsp3) is 0.200. The van der Waals surface area contributed by atoms with Gasteiger partial charge in [-0.25, -0.2) is 4.98 Å². The lowest BCUT2D eigenvalue weighted by molar-refractivity contribution is -0.385. The van der Waals surface area contributed by atoms with E-state index in [1.54, 1.807) is 6.07 Å². The molecule has 0 bridgehead atoms. The smallest absolute Gasteiger partial charge is 0.315 e. The fourth-order valence-corrected chi connectivity index (χ4v) is 2.73. The molecule has 2 aromatic rings. The summed E-state index contributed by atoms with van der Waals surface area (Å²) < 4.78 is 10.2. The first kappa shape index (κ1) is 16.5. The number of ether oxygens (including phenoxy) is 2. The maximum absolute atomic E-state index is 11.2. The van der Waals surface area contributed by atoms with Crippen LogP contribution in [0.1, 0.15) is 16.3 Å². The van der Waals surface area contributed by atoms with Gasteiger partial charge < -0.3 is 9.47 Å². The number of hydrogen-bond acceptors (Lipinski definition) is 7. The first-order valence-corrected chi connectivity index (χ1v) is 7.32. The molecule has 0 fully saturated rings. The van der Waals surface area contributed by atoms with Gasteiger partial charge >= 0.3 is 5.69 Å². The summed E-state index contributed by atoms with van der Waals surface area (Å²) in [6.45, 7) is 1.83. The zero-order chi connectivity index (χ0) is 17.0. The number of aromatic nitrogens is 1. The lowest BCUT2D eigenvalue weighted by Gasteiger charge is -2.09. The zero-order valence-corrected chi connectivity index (χ0v) is 13.5. The molecule has 0 atom stereocenters. The molecule has 0 saturated carbocycles. The summed E-state index contributed by atoms with van der Waals surface area (Å²) in [6, 6.07) is 4.97. The van der Waals surface area contributed by atoms with Crippen LogP contribution in [-0.4, -0.2) is 24.1 Å². The van der Waals surface area contributed by atoms with Gasteiger partial charge in [-0.05, 0) is 24.6 Å². The highest BCUT2D eigenvalue weighted by Gasteiger charge is 2.21. The molecule has 0 saturated heterocycles. The number of aryl methyl sites for hydroxylation is 1. The Hall–Kier alpha value is -2.92. The van der Waals surface area contributed by atoms with E-state index < -0.39 is 4.92 Å². The van der Waals surface area contributed by atoms with Gasteiger partial charge in [0, 0.05) is 17.1 Å². The van der Waals surface area contributed by atoms with Crippen molar-refractivity contribution in [3.05, 3.63) is 43.9 Å². The van der Waals surface area contributed by atoms with E-state index in [0.717, 1.165) is 5.69 Å². The molecule has 7 nitrogen and oxygen atoms in total. The molecule has 118 valence electrons. The van der Waals surface area contributed by atoms with Crippen LogP contribution in [0.25, 0.3) is 11.6 Å². The molecule has 0 aliphatic carbocycles. The summed E-state index contributed by atoms with van der Waals surface area (Å²) in [6.07, 6.45) is 1.53. The topological polar surface area (TPSA) is 98.3 Å². The van der Waals surface area contributed by atoms with Gasteiger partial charge in [-0.15, -0.1) is 11.3 Å². The Kier molecular flexibility index (Phi) is 4.93. The summed E-state index contributed by atoms with van der Waals surface area (Å²) in [5, 5.41) is 22.9. The highest BCUT2D eigenvalue weighted by atomic mass is 32.1. The second-order valence-corrected chi connectivity index (χ2v) is 5.35. The summed E-state index contributed by atoms with van der Waals surface area (Å²) in [4.78, 5) is 14.9. The van der Waals surface area contributed by atoms with Crippen molar-refractivity contribution in [2.45, 2.75) is 6.92 Å². The minimum atomic E-state index is -0.557. The maximum Gasteiger partial charge on any atom is 0.315 e. The Morgan fingerprint density at radius 1 is 1.43 bits per heavy atom. The molecule has 0 unspecified atom stereocenters. The van der Waals surface area contributed by atoms with E-state index in [-0.39, 0.29) is 17.2 Å². The monoisotopic (exact) mass is 331 g/mol. The number of nitrogens with zero attached hydrogens (tertiary/aromatic N) is 3. The third-order valence-electron chi connectivity index (χ3n) is 2.96. The van der Waals surface area contributed by atoms with Gasteiger partial charge in [-0.1, -0.05) is 0 Å². The summed E-state index contributed by atoms with van der Waals surface area (Å²) >= 11 is 1.34.